The summed E-state index contributed by atoms with van der Waals surface area (Å²) in [6, 6.07) is 5.61. The van der Waals surface area contributed by atoms with Gasteiger partial charge in [-0.15, -0.1) is 5.10 Å². The number of fused-ring (bicyclic) bond motifs is 1. The molecule has 96 valence electrons. The second-order valence-electron chi connectivity index (χ2n) is 4.96. The molecule has 2 N–H and O–H groups in total. The number of benzene rings is 1. The molecule has 0 atom stereocenters. The number of carbonyl (C=O) groups excluding carboxylic acids is 1. The van der Waals surface area contributed by atoms with Crippen molar-refractivity contribution in [1.29, 1.82) is 0 Å². The van der Waals surface area contributed by atoms with E-state index in [1.807, 2.05) is 39.0 Å². The molecule has 6 heteroatoms. The summed E-state index contributed by atoms with van der Waals surface area (Å²) in [6.45, 7) is 5.45. The average Bonchev–Trinajstić information content (AvgIpc) is 2.53. The molecule has 0 aliphatic heterocycles. The summed E-state index contributed by atoms with van der Waals surface area (Å²) in [4.78, 5) is 13.2. The Morgan fingerprint density at radius 1 is 1.44 bits per heavy atom. The lowest BCUT2D eigenvalue weighted by atomic mass is 10.2. The van der Waals surface area contributed by atoms with Crippen LogP contribution >= 0.6 is 22.6 Å². The first-order valence-corrected chi connectivity index (χ1v) is 6.52. The van der Waals surface area contributed by atoms with E-state index < -0.39 is 11.6 Å². The number of rotatable bonds is 1. The molecule has 0 fully saturated rings. The third kappa shape index (κ3) is 2.58. The van der Waals surface area contributed by atoms with Gasteiger partial charge < -0.3 is 10.6 Å². The van der Waals surface area contributed by atoms with Gasteiger partial charge >= 0.3 is 5.97 Å². The van der Waals surface area contributed by atoms with Gasteiger partial charge in [0, 0.05) is 8.96 Å². The van der Waals surface area contributed by atoms with Crippen molar-refractivity contribution in [3.8, 4) is 0 Å². The Balaban J connectivity index is 2.51. The Bertz CT molecular complexity index is 614. The van der Waals surface area contributed by atoms with Gasteiger partial charge in [0.25, 0.3) is 0 Å². The van der Waals surface area contributed by atoms with Gasteiger partial charge in [0.15, 0.2) is 5.69 Å². The molecule has 1 heterocycles. The summed E-state index contributed by atoms with van der Waals surface area (Å²) < 4.78 is 6.32. The van der Waals surface area contributed by atoms with Gasteiger partial charge in [-0.2, -0.15) is 4.79 Å². The highest BCUT2D eigenvalue weighted by molar-refractivity contribution is 14.1. The number of hydrogen-bond acceptors (Lipinski definition) is 4. The number of nitrogens with two attached hydrogens (primary N) is 1. The minimum absolute atomic E-state index is 0.251. The molecular formula is C12H14IN3O2. The third-order valence-corrected chi connectivity index (χ3v) is 2.93. The van der Waals surface area contributed by atoms with Crippen LogP contribution in [0.25, 0.3) is 10.9 Å². The molecule has 0 radical (unpaired) electrons. The van der Waals surface area contributed by atoms with Gasteiger partial charge in [0.1, 0.15) is 5.60 Å². The molecule has 1 aromatic heterocycles. The summed E-state index contributed by atoms with van der Waals surface area (Å²) in [5, 5.41) is 4.74. The predicted molar refractivity (Wildman–Crippen MR) is 77.8 cm³/mol. The van der Waals surface area contributed by atoms with Crippen LogP contribution in [0.1, 0.15) is 31.3 Å². The van der Waals surface area contributed by atoms with E-state index in [-0.39, 0.29) is 5.69 Å². The SMILES string of the molecule is CC(C)(C)OC(=O)c1nn(N)c2ccc(I)cc12. The number of ether oxygens (including phenoxy) is 1. The van der Waals surface area contributed by atoms with E-state index >= 15 is 0 Å². The quantitative estimate of drug-likeness (QED) is 0.482. The Hall–Kier alpha value is -1.31. The number of halogens is 1. The van der Waals surface area contributed by atoms with E-state index in [1.54, 1.807) is 0 Å². The fourth-order valence-electron chi connectivity index (χ4n) is 1.59. The fraction of sp³-hybridized carbons (Fsp3) is 0.333. The number of nitrogen functional groups attached to an aromatic ring is 1. The first-order valence-electron chi connectivity index (χ1n) is 5.44. The number of esters is 1. The number of carbonyl (C=O) groups is 1. The first kappa shape index (κ1) is 13.1. The summed E-state index contributed by atoms with van der Waals surface area (Å²) in [6.07, 6.45) is 0. The topological polar surface area (TPSA) is 70.1 Å². The molecular weight excluding hydrogens is 345 g/mol. The highest BCUT2D eigenvalue weighted by Gasteiger charge is 2.23. The molecule has 0 aliphatic carbocycles. The summed E-state index contributed by atoms with van der Waals surface area (Å²) in [5.74, 6) is 5.26. The highest BCUT2D eigenvalue weighted by Crippen LogP contribution is 2.22. The van der Waals surface area contributed by atoms with Crippen LogP contribution in [0.15, 0.2) is 18.2 Å². The lowest BCUT2D eigenvalue weighted by molar-refractivity contribution is 0.00644. The molecule has 0 bridgehead atoms. The lowest BCUT2D eigenvalue weighted by Crippen LogP contribution is -2.24. The van der Waals surface area contributed by atoms with E-state index in [0.29, 0.717) is 10.9 Å². The third-order valence-electron chi connectivity index (χ3n) is 2.26. The fourth-order valence-corrected chi connectivity index (χ4v) is 2.08. The zero-order chi connectivity index (χ0) is 13.5. The maximum Gasteiger partial charge on any atom is 0.360 e. The normalized spacial score (nSPS) is 11.8. The Labute approximate surface area is 118 Å². The molecule has 0 spiro atoms. The van der Waals surface area contributed by atoms with E-state index in [4.69, 9.17) is 10.6 Å². The van der Waals surface area contributed by atoms with Crippen LogP contribution in [0.3, 0.4) is 0 Å². The molecule has 0 saturated carbocycles. The van der Waals surface area contributed by atoms with Crippen LogP contribution in [0.5, 0.6) is 0 Å². The van der Waals surface area contributed by atoms with Crippen molar-refractivity contribution < 1.29 is 9.53 Å². The lowest BCUT2D eigenvalue weighted by Gasteiger charge is -2.18. The Morgan fingerprint density at radius 2 is 2.11 bits per heavy atom. The first-order chi connectivity index (χ1) is 8.28. The number of nitrogens with zero attached hydrogens (tertiary/aromatic N) is 2. The van der Waals surface area contributed by atoms with Crippen LogP contribution < -0.4 is 5.84 Å². The zero-order valence-corrected chi connectivity index (χ0v) is 12.6. The van der Waals surface area contributed by atoms with Crippen molar-refractivity contribution >= 4 is 39.5 Å². The molecule has 0 aliphatic rings. The Morgan fingerprint density at radius 3 is 2.72 bits per heavy atom. The molecule has 18 heavy (non-hydrogen) atoms. The van der Waals surface area contributed by atoms with Crippen molar-refractivity contribution in [2.45, 2.75) is 26.4 Å². The molecule has 0 saturated heterocycles. The predicted octanol–water partition coefficient (Wildman–Crippen LogP) is 2.31. The standard InChI is InChI=1S/C12H14IN3O2/c1-12(2,3)18-11(17)10-8-6-7(13)4-5-9(8)16(14)15-10/h4-6H,14H2,1-3H3. The van der Waals surface area contributed by atoms with Gasteiger partial charge in [-0.05, 0) is 61.6 Å². The van der Waals surface area contributed by atoms with Crippen molar-refractivity contribution in [2.24, 2.45) is 0 Å². The summed E-state index contributed by atoms with van der Waals surface area (Å²) >= 11 is 2.18. The molecule has 5 nitrogen and oxygen atoms in total. The van der Waals surface area contributed by atoms with Crippen molar-refractivity contribution in [1.82, 2.24) is 9.89 Å². The monoisotopic (exact) mass is 359 g/mol. The maximum atomic E-state index is 12.0. The molecule has 0 amide bonds. The van der Waals surface area contributed by atoms with Gasteiger partial charge in [-0.25, -0.2) is 4.79 Å². The van der Waals surface area contributed by atoms with E-state index in [9.17, 15) is 4.79 Å². The highest BCUT2D eigenvalue weighted by atomic mass is 127. The smallest absolute Gasteiger partial charge is 0.360 e. The Kier molecular flexibility index (Phi) is 3.22. The number of aromatic nitrogens is 2. The van der Waals surface area contributed by atoms with Crippen LogP contribution in [0.2, 0.25) is 0 Å². The van der Waals surface area contributed by atoms with Crippen molar-refractivity contribution in [2.75, 3.05) is 5.84 Å². The molecule has 1 aromatic carbocycles. The molecule has 2 aromatic rings. The van der Waals surface area contributed by atoms with Crippen LogP contribution in [0, 0.1) is 3.57 Å². The summed E-state index contributed by atoms with van der Waals surface area (Å²) in [5.41, 5.74) is 0.404. The van der Waals surface area contributed by atoms with Crippen LogP contribution in [0.4, 0.5) is 0 Å². The van der Waals surface area contributed by atoms with E-state index in [2.05, 4.69) is 27.7 Å². The van der Waals surface area contributed by atoms with Crippen molar-refractivity contribution in [3.05, 3.63) is 27.5 Å². The van der Waals surface area contributed by atoms with Gasteiger partial charge in [-0.3, -0.25) is 0 Å². The zero-order valence-electron chi connectivity index (χ0n) is 10.4. The van der Waals surface area contributed by atoms with Gasteiger partial charge in [0.05, 0.1) is 5.52 Å². The number of hydrogen-bond donors (Lipinski definition) is 1. The largest absolute Gasteiger partial charge is 0.455 e. The van der Waals surface area contributed by atoms with Crippen LogP contribution in [-0.4, -0.2) is 21.5 Å². The molecule has 2 rings (SSSR count). The van der Waals surface area contributed by atoms with Gasteiger partial charge in [0.2, 0.25) is 0 Å². The minimum Gasteiger partial charge on any atom is -0.455 e. The maximum absolute atomic E-state index is 12.0. The second-order valence-corrected chi connectivity index (χ2v) is 6.20. The second kappa shape index (κ2) is 4.42. The summed E-state index contributed by atoms with van der Waals surface area (Å²) in [7, 11) is 0. The minimum atomic E-state index is -0.552. The van der Waals surface area contributed by atoms with E-state index in [0.717, 1.165) is 3.57 Å². The van der Waals surface area contributed by atoms with E-state index in [1.165, 1.54) is 4.79 Å². The molecule has 0 unspecified atom stereocenters. The van der Waals surface area contributed by atoms with Gasteiger partial charge in [-0.1, -0.05) is 0 Å². The van der Waals surface area contributed by atoms with Crippen molar-refractivity contribution in [3.63, 3.8) is 0 Å². The average molecular weight is 359 g/mol. The van der Waals surface area contributed by atoms with Crippen LogP contribution in [-0.2, 0) is 4.74 Å².